The number of hydrogen-bond acceptors (Lipinski definition) is 12. The number of carbonyl (C=O) groups excluding carboxylic acids is 5. The predicted molar refractivity (Wildman–Crippen MR) is 293 cm³/mol. The molecule has 16 nitrogen and oxygen atoms in total. The Balaban J connectivity index is 1.34. The van der Waals surface area contributed by atoms with Crippen LogP contribution in [0.1, 0.15) is 139 Å². The molecule has 16 atom stereocenters. The van der Waals surface area contributed by atoms with Gasteiger partial charge < -0.3 is 50.6 Å². The maximum atomic E-state index is 14.5. The molecule has 0 aliphatic carbocycles. The second-order valence-electron chi connectivity index (χ2n) is 22.8. The minimum Gasteiger partial charge on any atom is -0.393 e. The molecule has 0 saturated carbocycles. The van der Waals surface area contributed by atoms with Gasteiger partial charge in [-0.15, -0.1) is 0 Å². The van der Waals surface area contributed by atoms with Gasteiger partial charge in [0.15, 0.2) is 12.0 Å². The summed E-state index contributed by atoms with van der Waals surface area (Å²) >= 11 is 0. The molecule has 2 bridgehead atoms. The molecule has 16 unspecified atom stereocenters. The predicted octanol–water partition coefficient (Wildman–Crippen LogP) is 6.58. The first kappa shape index (κ1) is 63.0. The van der Waals surface area contributed by atoms with Crippen LogP contribution >= 0.6 is 0 Å². The highest BCUT2D eigenvalue weighted by atomic mass is 19.1. The highest BCUT2D eigenvalue weighted by Crippen LogP contribution is 2.43. The maximum Gasteiger partial charge on any atom is 0.259 e. The fourth-order valence-electron chi connectivity index (χ4n) is 11.0. The first-order valence-electron chi connectivity index (χ1n) is 28.1. The van der Waals surface area contributed by atoms with Crippen LogP contribution in [0.5, 0.6) is 0 Å². The lowest BCUT2D eigenvalue weighted by molar-refractivity contribution is -0.179. The van der Waals surface area contributed by atoms with Crippen molar-refractivity contribution >= 4 is 29.4 Å². The molecule has 4 aliphatic rings. The van der Waals surface area contributed by atoms with E-state index in [-0.39, 0.29) is 73.7 Å². The van der Waals surface area contributed by atoms with Gasteiger partial charge in [-0.3, -0.25) is 24.2 Å². The molecule has 2 saturated heterocycles. The molecule has 4 heterocycles. The van der Waals surface area contributed by atoms with Crippen LogP contribution in [0.2, 0.25) is 0 Å². The molecule has 8 N–H and O–H groups in total. The van der Waals surface area contributed by atoms with Crippen LogP contribution in [0.3, 0.4) is 0 Å². The van der Waals surface area contributed by atoms with E-state index in [1.165, 1.54) is 36.2 Å². The number of carbonyl (C=O) groups is 5. The number of halogens is 1. The van der Waals surface area contributed by atoms with E-state index in [4.69, 9.17) is 9.47 Å². The number of ketones is 1. The minimum atomic E-state index is -1.43. The minimum absolute atomic E-state index is 0.00984. The van der Waals surface area contributed by atoms with Crippen molar-refractivity contribution in [2.75, 3.05) is 6.54 Å². The summed E-state index contributed by atoms with van der Waals surface area (Å²) in [6, 6.07) is 2.48. The number of ether oxygens (including phenoxy) is 2. The van der Waals surface area contributed by atoms with Gasteiger partial charge in [-0.05, 0) is 113 Å². The van der Waals surface area contributed by atoms with Gasteiger partial charge in [0.2, 0.25) is 17.7 Å². The van der Waals surface area contributed by atoms with Gasteiger partial charge in [-0.1, -0.05) is 109 Å². The Hall–Kier alpha value is -4.88. The number of hydrogen-bond donors (Lipinski definition) is 8. The second-order valence-corrected chi connectivity index (χ2v) is 22.8. The SMILES string of the molecule is CCC1CC(C)C2(NC1=O)OC(CC(O)C(C)CCC=CC=C(C)C1CC=CC=CC(O)C(C)C(O)C(CCC(C)=O)C(=O)NC(C(C)C)C(=O)NC(Cc3cccc(F)c3)C(=O)N3CCCC(N3)C(O)O1)C(C)C=C2C. The number of nitrogens with zero attached hydrogens (tertiary/aromatic N) is 1. The normalized spacial score (nSPS) is 33.5. The van der Waals surface area contributed by atoms with Gasteiger partial charge in [0.25, 0.3) is 5.91 Å². The van der Waals surface area contributed by atoms with E-state index in [0.29, 0.717) is 37.7 Å². The number of rotatable bonds is 15. The van der Waals surface area contributed by atoms with E-state index >= 15 is 0 Å². The molecule has 1 aromatic carbocycles. The van der Waals surface area contributed by atoms with Crippen LogP contribution in [0, 0.1) is 47.2 Å². The number of fused-ring (bicyclic) bond motifs is 2. The Bertz CT molecular complexity index is 2320. The first-order valence-corrected chi connectivity index (χ1v) is 28.1. The summed E-state index contributed by atoms with van der Waals surface area (Å²) in [5.74, 6) is -5.22. The van der Waals surface area contributed by atoms with Crippen molar-refractivity contribution in [1.29, 1.82) is 0 Å². The Morgan fingerprint density at radius 2 is 1.75 bits per heavy atom. The third kappa shape index (κ3) is 17.3. The lowest BCUT2D eigenvalue weighted by atomic mass is 9.75. The lowest BCUT2D eigenvalue weighted by Crippen LogP contribution is -2.64. The van der Waals surface area contributed by atoms with Gasteiger partial charge in [-0.2, -0.15) is 0 Å². The molecular weight excluding hydrogens is 986 g/mol. The zero-order valence-electron chi connectivity index (χ0n) is 47.1. The highest BCUT2D eigenvalue weighted by Gasteiger charge is 2.51. The Morgan fingerprint density at radius 1 is 1.01 bits per heavy atom. The molecule has 1 aromatic rings. The van der Waals surface area contributed by atoms with Crippen molar-refractivity contribution in [2.24, 2.45) is 41.4 Å². The number of hydrazine groups is 1. The fraction of sp³-hybridized carbons (Fsp3) is 0.650. The van der Waals surface area contributed by atoms with Gasteiger partial charge in [0.1, 0.15) is 23.7 Å². The third-order valence-corrected chi connectivity index (χ3v) is 16.3. The topological polar surface area (TPSA) is 236 Å². The number of aliphatic hydroxyl groups excluding tert-OH is 4. The molecule has 0 radical (unpaired) electrons. The highest BCUT2D eigenvalue weighted by molar-refractivity contribution is 5.93. The molecule has 17 heteroatoms. The summed E-state index contributed by atoms with van der Waals surface area (Å²) in [7, 11) is 0. The average molecular weight is 1080 g/mol. The number of aliphatic hydroxyl groups is 4. The van der Waals surface area contributed by atoms with Crippen LogP contribution in [0.25, 0.3) is 0 Å². The quantitative estimate of drug-likeness (QED) is 0.0687. The first-order chi connectivity index (χ1) is 36.5. The van der Waals surface area contributed by atoms with Gasteiger partial charge >= 0.3 is 0 Å². The number of nitrogens with one attached hydrogen (secondary N) is 4. The zero-order valence-corrected chi connectivity index (χ0v) is 47.1. The van der Waals surface area contributed by atoms with Gasteiger partial charge in [-0.25, -0.2) is 9.82 Å². The summed E-state index contributed by atoms with van der Waals surface area (Å²) in [4.78, 5) is 68.0. The monoisotopic (exact) mass is 1080 g/mol. The maximum absolute atomic E-state index is 14.5. The molecule has 4 aliphatic heterocycles. The van der Waals surface area contributed by atoms with E-state index in [1.807, 2.05) is 52.0 Å². The van der Waals surface area contributed by atoms with Crippen LogP contribution in [0.15, 0.2) is 84.0 Å². The molecule has 0 aromatic heterocycles. The van der Waals surface area contributed by atoms with E-state index in [9.17, 15) is 48.8 Å². The Kier molecular flexibility index (Phi) is 24.0. The standard InChI is InChI=1S/C60H90FN5O11/c1-11-44-31-40(8)60(64-55(44)71)39(7)30-38(6)52(77-60)34-50(69)36(4)20-14-12-15-21-37(5)51-26-17-13-16-25-49(68)42(10)54(70)46(28-27-41(9)67)56(72)63-53(35(2)3)57(73)62-48(33-43-22-18-23-45(61)32-43)58(74)66-29-19-24-47(65-66)59(75)76-51/h12-13,15-18,21-23,25,30,32,35-36,38,40,42,44,46-54,59,65,68-70,75H,11,14,19-20,24,26-29,31,33-34H2,1-10H3,(H,62,73)(H,63,72)(H,64,71). The molecular formula is C60H90FN5O11. The summed E-state index contributed by atoms with van der Waals surface area (Å²) in [6.07, 6.45) is 13.3. The number of allylic oxidation sites excluding steroid dienone is 5. The smallest absolute Gasteiger partial charge is 0.259 e. The number of piperidine rings is 1. The number of amides is 4. The molecule has 1 spiro atoms. The van der Waals surface area contributed by atoms with Crippen molar-refractivity contribution in [3.63, 3.8) is 0 Å². The van der Waals surface area contributed by atoms with Crippen molar-refractivity contribution in [2.45, 2.75) is 201 Å². The van der Waals surface area contributed by atoms with E-state index in [0.717, 1.165) is 24.0 Å². The number of benzene rings is 1. The molecule has 5 rings (SSSR count). The molecule has 4 amide bonds. The van der Waals surface area contributed by atoms with Crippen molar-refractivity contribution in [1.82, 2.24) is 26.4 Å². The Morgan fingerprint density at radius 3 is 2.44 bits per heavy atom. The summed E-state index contributed by atoms with van der Waals surface area (Å²) in [6.45, 7) is 18.8. The van der Waals surface area contributed by atoms with Gasteiger partial charge in [0.05, 0.1) is 42.5 Å². The van der Waals surface area contributed by atoms with Crippen LogP contribution in [0.4, 0.5) is 4.39 Å². The molecule has 2 fully saturated rings. The van der Waals surface area contributed by atoms with Crippen LogP contribution in [-0.4, -0.2) is 122 Å². The summed E-state index contributed by atoms with van der Waals surface area (Å²) in [5.41, 5.74) is 4.46. The molecule has 77 heavy (non-hydrogen) atoms. The third-order valence-electron chi connectivity index (χ3n) is 16.3. The zero-order chi connectivity index (χ0) is 56.7. The van der Waals surface area contributed by atoms with Crippen molar-refractivity contribution in [3.8, 4) is 0 Å². The van der Waals surface area contributed by atoms with E-state index in [1.54, 1.807) is 39.0 Å². The number of Topliss-reactive ketones (excluding diaryl/α,β-unsaturated/α-hetero) is 1. The Labute approximate surface area is 456 Å². The second kappa shape index (κ2) is 29.4. The average Bonchev–Trinajstić information content (AvgIpc) is 3.38. The summed E-state index contributed by atoms with van der Waals surface area (Å²) in [5, 5.41) is 56.1. The van der Waals surface area contributed by atoms with Crippen LogP contribution in [-0.2, 0) is 39.9 Å². The van der Waals surface area contributed by atoms with E-state index in [2.05, 4.69) is 41.3 Å². The lowest BCUT2D eigenvalue weighted by Gasteiger charge is -2.51. The largest absolute Gasteiger partial charge is 0.393 e. The van der Waals surface area contributed by atoms with Crippen molar-refractivity contribution < 1.29 is 58.3 Å². The van der Waals surface area contributed by atoms with E-state index < -0.39 is 95.8 Å². The summed E-state index contributed by atoms with van der Waals surface area (Å²) < 4.78 is 27.6. The van der Waals surface area contributed by atoms with Crippen LogP contribution < -0.4 is 21.4 Å². The van der Waals surface area contributed by atoms with Crippen molar-refractivity contribution in [3.05, 3.63) is 95.4 Å². The fourth-order valence-corrected chi connectivity index (χ4v) is 11.0. The van der Waals surface area contributed by atoms with Gasteiger partial charge in [0, 0.05) is 49.5 Å². The molecule has 428 valence electrons.